The van der Waals surface area contributed by atoms with Crippen LogP contribution in [0.5, 0.6) is 0 Å². The Bertz CT molecular complexity index is 814. The highest BCUT2D eigenvalue weighted by molar-refractivity contribution is 6.11. The van der Waals surface area contributed by atoms with Crippen LogP contribution >= 0.6 is 0 Å². The largest absolute Gasteiger partial charge is 0.324 e. The highest BCUT2D eigenvalue weighted by Crippen LogP contribution is 2.36. The van der Waals surface area contributed by atoms with Crippen molar-refractivity contribution in [1.82, 2.24) is 9.88 Å². The van der Waals surface area contributed by atoms with Crippen LogP contribution in [0.25, 0.3) is 0 Å². The molecule has 1 saturated heterocycles. The zero-order chi connectivity index (χ0) is 19.9. The minimum absolute atomic E-state index is 0.0604. The standard InChI is InChI=1S/C24H32N4O/c29-24-20-12-5-6-14-22(20)28(23-21(26-24)13-11-15-25-23)19-10-4-3-9-18-27-16-7-1-2-8-17-27/h5-6,11-15H,1-4,7-10,16-19H2,(H,26,29). The number of para-hydroxylation sites is 1. The zero-order valence-electron chi connectivity index (χ0n) is 17.3. The Morgan fingerprint density at radius 1 is 0.862 bits per heavy atom. The fourth-order valence-corrected chi connectivity index (χ4v) is 4.46. The molecule has 2 aliphatic heterocycles. The van der Waals surface area contributed by atoms with Crippen molar-refractivity contribution in [2.24, 2.45) is 0 Å². The van der Waals surface area contributed by atoms with E-state index in [1.165, 1.54) is 64.6 Å². The van der Waals surface area contributed by atoms with Crippen LogP contribution in [0.4, 0.5) is 17.2 Å². The highest BCUT2D eigenvalue weighted by atomic mass is 16.1. The van der Waals surface area contributed by atoms with Gasteiger partial charge in [-0.3, -0.25) is 4.79 Å². The van der Waals surface area contributed by atoms with Gasteiger partial charge in [-0.1, -0.05) is 37.8 Å². The smallest absolute Gasteiger partial charge is 0.257 e. The molecule has 0 atom stereocenters. The minimum Gasteiger partial charge on any atom is -0.324 e. The average molecular weight is 393 g/mol. The number of carbonyl (C=O) groups excluding carboxylic acids is 1. The van der Waals surface area contributed by atoms with Crippen LogP contribution in [0.2, 0.25) is 0 Å². The van der Waals surface area contributed by atoms with Crippen molar-refractivity contribution < 1.29 is 4.79 Å². The molecular weight excluding hydrogens is 360 g/mol. The topological polar surface area (TPSA) is 48.5 Å². The van der Waals surface area contributed by atoms with Crippen LogP contribution in [0.1, 0.15) is 61.7 Å². The Morgan fingerprint density at radius 2 is 1.62 bits per heavy atom. The Kier molecular flexibility index (Phi) is 6.78. The molecule has 5 nitrogen and oxygen atoms in total. The number of carbonyl (C=O) groups is 1. The number of likely N-dealkylation sites (tertiary alicyclic amines) is 1. The van der Waals surface area contributed by atoms with Crippen molar-refractivity contribution in [3.63, 3.8) is 0 Å². The van der Waals surface area contributed by atoms with Gasteiger partial charge in [0.25, 0.3) is 5.91 Å². The summed E-state index contributed by atoms with van der Waals surface area (Å²) in [5.41, 5.74) is 2.45. The van der Waals surface area contributed by atoms with Gasteiger partial charge in [-0.25, -0.2) is 4.98 Å². The molecule has 1 aromatic heterocycles. The van der Waals surface area contributed by atoms with E-state index in [2.05, 4.69) is 20.1 Å². The third-order valence-corrected chi connectivity index (χ3v) is 6.03. The minimum atomic E-state index is -0.0604. The summed E-state index contributed by atoms with van der Waals surface area (Å²) in [6.07, 6.45) is 12.2. The number of hydrogen-bond donors (Lipinski definition) is 1. The number of hydrogen-bond acceptors (Lipinski definition) is 4. The maximum Gasteiger partial charge on any atom is 0.257 e. The molecule has 1 aromatic carbocycles. The number of pyridine rings is 1. The summed E-state index contributed by atoms with van der Waals surface area (Å²) < 4.78 is 0. The van der Waals surface area contributed by atoms with Crippen LogP contribution in [0, 0.1) is 0 Å². The molecule has 3 heterocycles. The Hall–Kier alpha value is -2.40. The first kappa shape index (κ1) is 19.9. The van der Waals surface area contributed by atoms with Crippen LogP contribution < -0.4 is 10.2 Å². The van der Waals surface area contributed by atoms with E-state index in [-0.39, 0.29) is 5.91 Å². The Morgan fingerprint density at radius 3 is 2.45 bits per heavy atom. The van der Waals surface area contributed by atoms with Crippen molar-refractivity contribution in [3.8, 4) is 0 Å². The van der Waals surface area contributed by atoms with Crippen LogP contribution in [0.3, 0.4) is 0 Å². The maximum absolute atomic E-state index is 12.6. The van der Waals surface area contributed by atoms with Crippen LogP contribution in [-0.4, -0.2) is 42.0 Å². The molecule has 1 amide bonds. The lowest BCUT2D eigenvalue weighted by molar-refractivity contribution is 0.102. The van der Waals surface area contributed by atoms with E-state index >= 15 is 0 Å². The molecule has 0 saturated carbocycles. The lowest BCUT2D eigenvalue weighted by Gasteiger charge is -2.25. The molecule has 29 heavy (non-hydrogen) atoms. The maximum atomic E-state index is 12.6. The van der Waals surface area contributed by atoms with Crippen molar-refractivity contribution in [3.05, 3.63) is 48.2 Å². The molecule has 1 fully saturated rings. The van der Waals surface area contributed by atoms with Crippen LogP contribution in [0.15, 0.2) is 42.6 Å². The van der Waals surface area contributed by atoms with E-state index in [1.54, 1.807) is 6.20 Å². The summed E-state index contributed by atoms with van der Waals surface area (Å²) in [5, 5.41) is 3.01. The molecule has 154 valence electrons. The number of nitrogens with one attached hydrogen (secondary N) is 1. The van der Waals surface area contributed by atoms with Crippen molar-refractivity contribution in [2.45, 2.75) is 51.4 Å². The third kappa shape index (κ3) is 4.96. The van der Waals surface area contributed by atoms with Gasteiger partial charge in [0.1, 0.15) is 0 Å². The molecule has 0 aliphatic carbocycles. The molecule has 0 spiro atoms. The predicted octanol–water partition coefficient (Wildman–Crippen LogP) is 5.22. The van der Waals surface area contributed by atoms with Gasteiger partial charge in [0, 0.05) is 12.7 Å². The number of benzene rings is 1. The van der Waals surface area contributed by atoms with Gasteiger partial charge in [0.15, 0.2) is 5.82 Å². The number of aromatic nitrogens is 1. The number of nitrogens with zero attached hydrogens (tertiary/aromatic N) is 3. The van der Waals surface area contributed by atoms with Crippen LogP contribution in [-0.2, 0) is 0 Å². The van der Waals surface area contributed by atoms with Crippen molar-refractivity contribution in [1.29, 1.82) is 0 Å². The summed E-state index contributed by atoms with van der Waals surface area (Å²) in [6, 6.07) is 11.6. The first-order valence-electron chi connectivity index (χ1n) is 11.2. The predicted molar refractivity (Wildman–Crippen MR) is 119 cm³/mol. The molecule has 0 unspecified atom stereocenters. The molecule has 0 radical (unpaired) electrons. The molecule has 2 aromatic rings. The van der Waals surface area contributed by atoms with E-state index in [0.717, 1.165) is 30.2 Å². The van der Waals surface area contributed by atoms with Gasteiger partial charge >= 0.3 is 0 Å². The van der Waals surface area contributed by atoms with Gasteiger partial charge in [-0.15, -0.1) is 0 Å². The second-order valence-electron chi connectivity index (χ2n) is 8.17. The van der Waals surface area contributed by atoms with Gasteiger partial charge in [0.05, 0.1) is 16.9 Å². The average Bonchev–Trinajstić information content (AvgIpc) is 3.08. The second kappa shape index (κ2) is 9.88. The summed E-state index contributed by atoms with van der Waals surface area (Å²) in [4.78, 5) is 22.1. The van der Waals surface area contributed by atoms with Crippen molar-refractivity contribution >= 4 is 23.1 Å². The quantitative estimate of drug-likeness (QED) is 0.656. The molecule has 1 N–H and O–H groups in total. The van der Waals surface area contributed by atoms with E-state index in [4.69, 9.17) is 0 Å². The second-order valence-corrected chi connectivity index (χ2v) is 8.17. The van der Waals surface area contributed by atoms with Gasteiger partial charge in [-0.2, -0.15) is 0 Å². The third-order valence-electron chi connectivity index (χ3n) is 6.03. The summed E-state index contributed by atoms with van der Waals surface area (Å²) in [7, 11) is 0. The number of rotatable bonds is 7. The first-order valence-corrected chi connectivity index (χ1v) is 11.2. The van der Waals surface area contributed by atoms with E-state index < -0.39 is 0 Å². The first-order chi connectivity index (χ1) is 14.3. The Labute approximate surface area is 174 Å². The van der Waals surface area contributed by atoms with Gasteiger partial charge in [0.2, 0.25) is 0 Å². The Balaban J connectivity index is 1.34. The summed E-state index contributed by atoms with van der Waals surface area (Å²) in [5.74, 6) is 0.783. The highest BCUT2D eigenvalue weighted by Gasteiger charge is 2.25. The summed E-state index contributed by atoms with van der Waals surface area (Å²) in [6.45, 7) is 4.69. The number of unbranched alkanes of at least 4 members (excludes halogenated alkanes) is 3. The lowest BCUT2D eigenvalue weighted by Crippen LogP contribution is -2.25. The monoisotopic (exact) mass is 392 g/mol. The fraction of sp³-hybridized carbons (Fsp3) is 0.500. The van der Waals surface area contributed by atoms with E-state index in [9.17, 15) is 4.79 Å². The number of anilines is 3. The fourth-order valence-electron chi connectivity index (χ4n) is 4.46. The normalized spacial score (nSPS) is 17.1. The van der Waals surface area contributed by atoms with Gasteiger partial charge < -0.3 is 15.1 Å². The molecule has 5 heteroatoms. The number of amides is 1. The lowest BCUT2D eigenvalue weighted by atomic mass is 10.1. The number of fused-ring (bicyclic) bond motifs is 2. The van der Waals surface area contributed by atoms with E-state index in [1.807, 2.05) is 36.4 Å². The summed E-state index contributed by atoms with van der Waals surface area (Å²) >= 11 is 0. The molecule has 4 rings (SSSR count). The molecule has 2 aliphatic rings. The molecule has 0 bridgehead atoms. The zero-order valence-corrected chi connectivity index (χ0v) is 17.3. The van der Waals surface area contributed by atoms with E-state index in [0.29, 0.717) is 5.56 Å². The van der Waals surface area contributed by atoms with Crippen molar-refractivity contribution in [2.75, 3.05) is 36.4 Å². The molecular formula is C24H32N4O. The SMILES string of the molecule is O=C1Nc2cccnc2N(CCCCCCN2CCCCCC2)c2ccccc21. The van der Waals surface area contributed by atoms with Gasteiger partial charge in [-0.05, 0) is 69.6 Å².